The van der Waals surface area contributed by atoms with Crippen molar-refractivity contribution in [1.82, 2.24) is 10.2 Å². The van der Waals surface area contributed by atoms with Gasteiger partial charge in [0.05, 0.1) is 23.1 Å². The van der Waals surface area contributed by atoms with Gasteiger partial charge in [-0.25, -0.2) is 8.42 Å². The van der Waals surface area contributed by atoms with Crippen LogP contribution in [0.25, 0.3) is 0 Å². The second-order valence-electron chi connectivity index (χ2n) is 5.49. The summed E-state index contributed by atoms with van der Waals surface area (Å²) in [6, 6.07) is 9.54. The molecule has 1 aliphatic rings. The summed E-state index contributed by atoms with van der Waals surface area (Å²) in [5.41, 5.74) is 1.55. The van der Waals surface area contributed by atoms with Crippen LogP contribution in [-0.4, -0.2) is 30.1 Å². The third kappa shape index (κ3) is 4.12. The first-order chi connectivity index (χ1) is 11.1. The van der Waals surface area contributed by atoms with Gasteiger partial charge in [-0.15, -0.1) is 10.2 Å². The Labute approximate surface area is 138 Å². The molecule has 1 aliphatic heterocycles. The average molecular weight is 349 g/mol. The Balaban J connectivity index is 1.59. The van der Waals surface area contributed by atoms with Gasteiger partial charge in [-0.1, -0.05) is 30.0 Å². The number of hydrogen-bond donors (Lipinski definition) is 0. The Bertz CT molecular complexity index is 840. The van der Waals surface area contributed by atoms with Gasteiger partial charge in [-0.05, 0) is 24.0 Å². The molecular formula is C15H15N3O3S2. The highest BCUT2D eigenvalue weighted by molar-refractivity contribution is 7.98. The molecule has 8 heteroatoms. The summed E-state index contributed by atoms with van der Waals surface area (Å²) in [4.78, 5) is 0. The zero-order chi connectivity index (χ0) is 16.3. The average Bonchev–Trinajstić information content (AvgIpc) is 3.12. The zero-order valence-electron chi connectivity index (χ0n) is 12.3. The number of sulfone groups is 1. The monoisotopic (exact) mass is 349 g/mol. The fraction of sp³-hybridized carbons (Fsp3) is 0.400. The number of thioether (sulfide) groups is 1. The number of rotatable bonds is 5. The van der Waals surface area contributed by atoms with E-state index >= 15 is 0 Å². The van der Waals surface area contributed by atoms with Crippen LogP contribution in [0.15, 0.2) is 33.9 Å². The number of nitriles is 1. The Morgan fingerprint density at radius 2 is 2.17 bits per heavy atom. The van der Waals surface area contributed by atoms with Gasteiger partial charge in [0, 0.05) is 12.2 Å². The van der Waals surface area contributed by atoms with Crippen molar-refractivity contribution in [3.63, 3.8) is 0 Å². The third-order valence-electron chi connectivity index (χ3n) is 3.73. The molecule has 1 fully saturated rings. The van der Waals surface area contributed by atoms with Crippen molar-refractivity contribution in [2.45, 2.75) is 23.8 Å². The van der Waals surface area contributed by atoms with Crippen molar-refractivity contribution in [2.24, 2.45) is 5.92 Å². The van der Waals surface area contributed by atoms with Gasteiger partial charge in [0.25, 0.3) is 5.22 Å². The Hall–Kier alpha value is -1.85. The number of aromatic nitrogens is 2. The predicted molar refractivity (Wildman–Crippen MR) is 85.5 cm³/mol. The summed E-state index contributed by atoms with van der Waals surface area (Å²) < 4.78 is 28.5. The lowest BCUT2D eigenvalue weighted by molar-refractivity contribution is 0.389. The molecule has 1 aromatic carbocycles. The SMILES string of the molecule is N#Cc1ccccc1CSc1nnc(C[C@@H]2CCS(=O)(=O)C2)o1. The molecule has 0 saturated carbocycles. The van der Waals surface area contributed by atoms with Gasteiger partial charge < -0.3 is 4.42 Å². The van der Waals surface area contributed by atoms with E-state index in [1.807, 2.05) is 18.2 Å². The predicted octanol–water partition coefficient (Wildman–Crippen LogP) is 2.21. The Morgan fingerprint density at radius 3 is 2.91 bits per heavy atom. The minimum atomic E-state index is -2.89. The second kappa shape index (κ2) is 6.72. The highest BCUT2D eigenvalue weighted by atomic mass is 32.2. The van der Waals surface area contributed by atoms with E-state index in [2.05, 4.69) is 16.3 Å². The molecule has 2 aromatic rings. The normalized spacial score (nSPS) is 19.5. The summed E-state index contributed by atoms with van der Waals surface area (Å²) in [6.07, 6.45) is 1.16. The van der Waals surface area contributed by atoms with Crippen molar-refractivity contribution in [3.05, 3.63) is 41.3 Å². The van der Waals surface area contributed by atoms with Crippen LogP contribution in [0.4, 0.5) is 0 Å². The lowest BCUT2D eigenvalue weighted by atomic mass is 10.1. The lowest BCUT2D eigenvalue weighted by Gasteiger charge is -2.02. The molecule has 0 aliphatic carbocycles. The van der Waals surface area contributed by atoms with Crippen LogP contribution in [0.1, 0.15) is 23.4 Å². The number of hydrogen-bond acceptors (Lipinski definition) is 7. The zero-order valence-corrected chi connectivity index (χ0v) is 13.9. The van der Waals surface area contributed by atoms with E-state index in [0.717, 1.165) is 5.56 Å². The molecule has 2 heterocycles. The first-order valence-corrected chi connectivity index (χ1v) is 10.00. The van der Waals surface area contributed by atoms with E-state index < -0.39 is 9.84 Å². The second-order valence-corrected chi connectivity index (χ2v) is 8.65. The number of nitrogens with zero attached hydrogens (tertiary/aromatic N) is 3. The van der Waals surface area contributed by atoms with Crippen LogP contribution < -0.4 is 0 Å². The van der Waals surface area contributed by atoms with E-state index in [1.54, 1.807) is 6.07 Å². The van der Waals surface area contributed by atoms with E-state index in [1.165, 1.54) is 11.8 Å². The summed E-state index contributed by atoms with van der Waals surface area (Å²) in [6.45, 7) is 0. The summed E-state index contributed by atoms with van der Waals surface area (Å²) in [5.74, 6) is 1.57. The molecule has 0 radical (unpaired) electrons. The van der Waals surface area contributed by atoms with Crippen molar-refractivity contribution >= 4 is 21.6 Å². The number of benzene rings is 1. The Kier molecular flexibility index (Phi) is 4.68. The topological polar surface area (TPSA) is 96.9 Å². The minimum absolute atomic E-state index is 0.0672. The Morgan fingerprint density at radius 1 is 1.35 bits per heavy atom. The molecule has 6 nitrogen and oxygen atoms in total. The molecule has 120 valence electrons. The fourth-order valence-electron chi connectivity index (χ4n) is 2.55. The standard InChI is InChI=1S/C15H15N3O3S2/c16-8-12-3-1-2-4-13(12)9-22-15-18-17-14(21-15)7-11-5-6-23(19,20)10-11/h1-4,11H,5-7,9-10H2/t11-/m0/s1. The van der Waals surface area contributed by atoms with Crippen molar-refractivity contribution in [3.8, 4) is 6.07 Å². The molecule has 1 saturated heterocycles. The van der Waals surface area contributed by atoms with Crippen LogP contribution in [-0.2, 0) is 22.0 Å². The maximum Gasteiger partial charge on any atom is 0.276 e. The molecule has 0 spiro atoms. The molecule has 1 aromatic heterocycles. The highest BCUT2D eigenvalue weighted by Crippen LogP contribution is 2.26. The smallest absolute Gasteiger partial charge is 0.276 e. The van der Waals surface area contributed by atoms with E-state index in [0.29, 0.717) is 35.3 Å². The van der Waals surface area contributed by atoms with Crippen molar-refractivity contribution in [2.75, 3.05) is 11.5 Å². The summed E-state index contributed by atoms with van der Waals surface area (Å²) in [5, 5.41) is 17.5. The van der Waals surface area contributed by atoms with Crippen LogP contribution in [0.5, 0.6) is 0 Å². The summed E-state index contributed by atoms with van der Waals surface area (Å²) >= 11 is 1.37. The van der Waals surface area contributed by atoms with E-state index in [9.17, 15) is 8.42 Å². The van der Waals surface area contributed by atoms with Gasteiger partial charge in [0.1, 0.15) is 0 Å². The third-order valence-corrected chi connectivity index (χ3v) is 6.43. The van der Waals surface area contributed by atoms with Crippen molar-refractivity contribution < 1.29 is 12.8 Å². The molecule has 3 rings (SSSR count). The van der Waals surface area contributed by atoms with E-state index in [4.69, 9.17) is 9.68 Å². The van der Waals surface area contributed by atoms with Gasteiger partial charge in [-0.2, -0.15) is 5.26 Å². The molecular weight excluding hydrogens is 334 g/mol. The first kappa shape index (κ1) is 16.0. The molecule has 23 heavy (non-hydrogen) atoms. The fourth-order valence-corrected chi connectivity index (χ4v) is 5.20. The largest absolute Gasteiger partial charge is 0.416 e. The molecule has 0 amide bonds. The maximum atomic E-state index is 11.5. The van der Waals surface area contributed by atoms with Crippen LogP contribution >= 0.6 is 11.8 Å². The summed E-state index contributed by atoms with van der Waals surface area (Å²) in [7, 11) is -2.89. The van der Waals surface area contributed by atoms with E-state index in [-0.39, 0.29) is 17.4 Å². The highest BCUT2D eigenvalue weighted by Gasteiger charge is 2.29. The molecule has 1 atom stereocenters. The van der Waals surface area contributed by atoms with Crippen LogP contribution in [0, 0.1) is 17.2 Å². The van der Waals surface area contributed by atoms with Crippen molar-refractivity contribution in [1.29, 1.82) is 5.26 Å². The quantitative estimate of drug-likeness (QED) is 0.763. The molecule has 0 N–H and O–H groups in total. The maximum absolute atomic E-state index is 11.5. The van der Waals surface area contributed by atoms with Gasteiger partial charge in [0.15, 0.2) is 9.84 Å². The van der Waals surface area contributed by atoms with Gasteiger partial charge >= 0.3 is 0 Å². The molecule has 0 unspecified atom stereocenters. The minimum Gasteiger partial charge on any atom is -0.416 e. The van der Waals surface area contributed by atoms with Crippen LogP contribution in [0.3, 0.4) is 0 Å². The molecule has 0 bridgehead atoms. The van der Waals surface area contributed by atoms with Gasteiger partial charge in [0.2, 0.25) is 5.89 Å². The van der Waals surface area contributed by atoms with Gasteiger partial charge in [-0.3, -0.25) is 0 Å². The van der Waals surface area contributed by atoms with Crippen LogP contribution in [0.2, 0.25) is 0 Å². The first-order valence-electron chi connectivity index (χ1n) is 7.19. The lowest BCUT2D eigenvalue weighted by Crippen LogP contribution is -2.07.